The van der Waals surface area contributed by atoms with Gasteiger partial charge in [-0.25, -0.2) is 0 Å². The minimum Gasteiger partial charge on any atom is -0.383 e. The zero-order chi connectivity index (χ0) is 12.7. The topological polar surface area (TPSA) is 24.5 Å². The minimum atomic E-state index is 0.279. The van der Waals surface area contributed by atoms with Crippen LogP contribution in [0.15, 0.2) is 0 Å². The number of hydrogen-bond acceptors (Lipinski definition) is 2. The van der Waals surface area contributed by atoms with Crippen molar-refractivity contribution in [2.24, 2.45) is 5.92 Å². The van der Waals surface area contributed by atoms with Gasteiger partial charge in [-0.3, -0.25) is 0 Å². The third kappa shape index (κ3) is 5.68. The van der Waals surface area contributed by atoms with Crippen LogP contribution in [0, 0.1) is 5.92 Å². The molecule has 17 heavy (non-hydrogen) atoms. The Morgan fingerprint density at radius 3 is 2.65 bits per heavy atom. The Balaban J connectivity index is 2.25. The van der Waals surface area contributed by atoms with Gasteiger partial charge < -0.3 is 15.0 Å². The van der Waals surface area contributed by atoms with Gasteiger partial charge in [0.2, 0.25) is 0 Å². The van der Waals surface area contributed by atoms with Crippen molar-refractivity contribution in [3.63, 3.8) is 0 Å². The summed E-state index contributed by atoms with van der Waals surface area (Å²) in [5, 5.41) is 4.15. The maximum Gasteiger partial charge on any atom is 0.168 e. The predicted octanol–water partition coefficient (Wildman–Crippen LogP) is 2.41. The van der Waals surface area contributed by atoms with Gasteiger partial charge in [-0.1, -0.05) is 19.3 Å². The van der Waals surface area contributed by atoms with Crippen LogP contribution in [0.1, 0.15) is 39.0 Å². The highest BCUT2D eigenvalue weighted by atomic mass is 32.1. The van der Waals surface area contributed by atoms with Crippen molar-refractivity contribution in [2.75, 3.05) is 27.3 Å². The fraction of sp³-hybridized carbons (Fsp3) is 0.923. The second kappa shape index (κ2) is 7.88. The summed E-state index contributed by atoms with van der Waals surface area (Å²) in [6.45, 7) is 3.87. The fourth-order valence-electron chi connectivity index (χ4n) is 2.45. The van der Waals surface area contributed by atoms with Crippen molar-refractivity contribution >= 4 is 17.3 Å². The second-order valence-electron chi connectivity index (χ2n) is 5.19. The lowest BCUT2D eigenvalue weighted by atomic mass is 9.89. The maximum absolute atomic E-state index is 5.39. The van der Waals surface area contributed by atoms with E-state index >= 15 is 0 Å². The van der Waals surface area contributed by atoms with Gasteiger partial charge in [0.15, 0.2) is 5.11 Å². The monoisotopic (exact) mass is 258 g/mol. The normalized spacial score (nSPS) is 18.8. The van der Waals surface area contributed by atoms with E-state index in [1.807, 2.05) is 0 Å². The molecule has 1 atom stereocenters. The van der Waals surface area contributed by atoms with E-state index in [4.69, 9.17) is 17.0 Å². The molecule has 0 heterocycles. The fourth-order valence-corrected chi connectivity index (χ4v) is 2.73. The van der Waals surface area contributed by atoms with E-state index in [0.717, 1.165) is 17.6 Å². The summed E-state index contributed by atoms with van der Waals surface area (Å²) in [5.41, 5.74) is 0. The van der Waals surface area contributed by atoms with Crippen LogP contribution < -0.4 is 5.32 Å². The van der Waals surface area contributed by atoms with Crippen molar-refractivity contribution in [1.82, 2.24) is 10.2 Å². The van der Waals surface area contributed by atoms with Crippen LogP contribution in [-0.2, 0) is 4.74 Å². The summed E-state index contributed by atoms with van der Waals surface area (Å²) in [6.07, 6.45) is 6.91. The molecule has 0 radical (unpaired) electrons. The molecule has 100 valence electrons. The highest BCUT2D eigenvalue weighted by molar-refractivity contribution is 7.80. The van der Waals surface area contributed by atoms with E-state index in [1.165, 1.54) is 32.1 Å². The first kappa shape index (κ1) is 14.7. The molecule has 4 heteroatoms. The molecule has 0 aliphatic heterocycles. The van der Waals surface area contributed by atoms with Crippen molar-refractivity contribution in [3.05, 3.63) is 0 Å². The standard InChI is InChI=1S/C13H26N2OS/c1-11(10-16-3)14-13(17)15(2)9-12-7-5-4-6-8-12/h11-12H,4-10H2,1-3H3,(H,14,17). The molecule has 0 aromatic heterocycles. The molecule has 1 fully saturated rings. The zero-order valence-corrected chi connectivity index (χ0v) is 12.2. The highest BCUT2D eigenvalue weighted by Gasteiger charge is 2.17. The van der Waals surface area contributed by atoms with Gasteiger partial charge in [-0.05, 0) is 37.9 Å². The third-order valence-corrected chi connectivity index (χ3v) is 3.82. The van der Waals surface area contributed by atoms with Gasteiger partial charge in [0.05, 0.1) is 6.61 Å². The van der Waals surface area contributed by atoms with Crippen molar-refractivity contribution in [3.8, 4) is 0 Å². The van der Waals surface area contributed by atoms with Crippen LogP contribution in [0.25, 0.3) is 0 Å². The smallest absolute Gasteiger partial charge is 0.168 e. The molecule has 0 aromatic rings. The van der Waals surface area contributed by atoms with Crippen LogP contribution in [0.5, 0.6) is 0 Å². The lowest BCUT2D eigenvalue weighted by molar-refractivity contribution is 0.177. The van der Waals surface area contributed by atoms with Gasteiger partial charge in [0.25, 0.3) is 0 Å². The summed E-state index contributed by atoms with van der Waals surface area (Å²) >= 11 is 5.39. The van der Waals surface area contributed by atoms with E-state index in [1.54, 1.807) is 7.11 Å². The van der Waals surface area contributed by atoms with E-state index in [2.05, 4.69) is 24.2 Å². The number of hydrogen-bond donors (Lipinski definition) is 1. The number of ether oxygens (including phenoxy) is 1. The quantitative estimate of drug-likeness (QED) is 0.765. The molecule has 1 saturated carbocycles. The molecule has 0 amide bonds. The average Bonchev–Trinajstić information content (AvgIpc) is 2.30. The van der Waals surface area contributed by atoms with Crippen LogP contribution in [0.3, 0.4) is 0 Å². The van der Waals surface area contributed by atoms with Crippen molar-refractivity contribution in [2.45, 2.75) is 45.1 Å². The minimum absolute atomic E-state index is 0.279. The van der Waals surface area contributed by atoms with Gasteiger partial charge in [0, 0.05) is 26.7 Å². The zero-order valence-electron chi connectivity index (χ0n) is 11.4. The van der Waals surface area contributed by atoms with Crippen LogP contribution >= 0.6 is 12.2 Å². The van der Waals surface area contributed by atoms with Crippen molar-refractivity contribution in [1.29, 1.82) is 0 Å². The third-order valence-electron chi connectivity index (χ3n) is 3.39. The molecule has 1 aliphatic rings. The molecule has 1 aliphatic carbocycles. The first-order valence-corrected chi connectivity index (χ1v) is 7.05. The van der Waals surface area contributed by atoms with Gasteiger partial charge in [0.1, 0.15) is 0 Å². The molecular formula is C13H26N2OS. The Morgan fingerprint density at radius 2 is 2.06 bits per heavy atom. The van der Waals surface area contributed by atoms with E-state index in [-0.39, 0.29) is 6.04 Å². The molecule has 0 saturated heterocycles. The molecule has 1 rings (SSSR count). The van der Waals surface area contributed by atoms with Crippen LogP contribution in [0.4, 0.5) is 0 Å². The summed E-state index contributed by atoms with van der Waals surface area (Å²) in [4.78, 5) is 2.18. The summed E-state index contributed by atoms with van der Waals surface area (Å²) in [7, 11) is 3.80. The van der Waals surface area contributed by atoms with Crippen molar-refractivity contribution < 1.29 is 4.74 Å². The molecule has 1 unspecified atom stereocenters. The molecule has 3 nitrogen and oxygen atoms in total. The summed E-state index contributed by atoms with van der Waals surface area (Å²) in [5.74, 6) is 0.825. The van der Waals surface area contributed by atoms with Gasteiger partial charge >= 0.3 is 0 Å². The summed E-state index contributed by atoms with van der Waals surface area (Å²) < 4.78 is 5.09. The number of methoxy groups -OCH3 is 1. The Kier molecular flexibility index (Phi) is 6.82. The number of nitrogens with one attached hydrogen (secondary N) is 1. The molecule has 1 N–H and O–H groups in total. The van der Waals surface area contributed by atoms with E-state index < -0.39 is 0 Å². The predicted molar refractivity (Wildman–Crippen MR) is 76.3 cm³/mol. The second-order valence-corrected chi connectivity index (χ2v) is 5.58. The first-order valence-electron chi connectivity index (χ1n) is 6.64. The Hall–Kier alpha value is -0.350. The van der Waals surface area contributed by atoms with E-state index in [0.29, 0.717) is 6.61 Å². The summed E-state index contributed by atoms with van der Waals surface area (Å²) in [6, 6.07) is 0.279. The SMILES string of the molecule is COCC(C)NC(=S)N(C)CC1CCCCC1. The van der Waals surface area contributed by atoms with Gasteiger partial charge in [-0.15, -0.1) is 0 Å². The van der Waals surface area contributed by atoms with E-state index in [9.17, 15) is 0 Å². The Bertz CT molecular complexity index is 229. The number of nitrogens with zero attached hydrogens (tertiary/aromatic N) is 1. The van der Waals surface area contributed by atoms with Crippen LogP contribution in [0.2, 0.25) is 0 Å². The Morgan fingerprint density at radius 1 is 1.41 bits per heavy atom. The molecule has 0 aromatic carbocycles. The van der Waals surface area contributed by atoms with Gasteiger partial charge in [-0.2, -0.15) is 0 Å². The molecule has 0 bridgehead atoms. The lowest BCUT2D eigenvalue weighted by Gasteiger charge is -2.30. The largest absolute Gasteiger partial charge is 0.383 e. The molecule has 0 spiro atoms. The lowest BCUT2D eigenvalue weighted by Crippen LogP contribution is -2.45. The Labute approximate surface area is 111 Å². The average molecular weight is 258 g/mol. The number of thiocarbonyl (C=S) groups is 1. The van der Waals surface area contributed by atoms with Crippen LogP contribution in [-0.4, -0.2) is 43.4 Å². The highest BCUT2D eigenvalue weighted by Crippen LogP contribution is 2.24. The maximum atomic E-state index is 5.39. The molecular weight excluding hydrogens is 232 g/mol. The first-order chi connectivity index (χ1) is 8.13. The number of rotatable bonds is 5.